The van der Waals surface area contributed by atoms with Gasteiger partial charge in [0.25, 0.3) is 5.91 Å². The number of fused-ring (bicyclic) bond motifs is 2. The zero-order valence-electron chi connectivity index (χ0n) is 19.9. The lowest BCUT2D eigenvalue weighted by atomic mass is 10.0. The van der Waals surface area contributed by atoms with Crippen molar-refractivity contribution in [3.05, 3.63) is 81.4 Å². The van der Waals surface area contributed by atoms with Crippen LogP contribution in [0.5, 0.6) is 0 Å². The number of nitrogens with zero attached hydrogens (tertiary/aromatic N) is 5. The molecule has 5 aromatic rings. The average molecular weight is 570 g/mol. The number of alkyl halides is 1. The van der Waals surface area contributed by atoms with Crippen molar-refractivity contribution in [2.45, 2.75) is 31.6 Å². The summed E-state index contributed by atoms with van der Waals surface area (Å²) in [6.07, 6.45) is 4.75. The summed E-state index contributed by atoms with van der Waals surface area (Å²) in [7, 11) is 0. The molecule has 0 aliphatic carbocycles. The first-order chi connectivity index (χ1) is 18.4. The topological polar surface area (TPSA) is 104 Å². The second-order valence-electron chi connectivity index (χ2n) is 9.09. The summed E-state index contributed by atoms with van der Waals surface area (Å²) in [4.78, 5) is 22.2. The van der Waals surface area contributed by atoms with E-state index in [2.05, 4.69) is 15.3 Å². The number of halogens is 3. The number of thiazole rings is 1. The van der Waals surface area contributed by atoms with Gasteiger partial charge in [0.1, 0.15) is 11.7 Å². The highest BCUT2D eigenvalue weighted by atomic mass is 35.5. The Kier molecular flexibility index (Phi) is 6.65. The average Bonchev–Trinajstić information content (AvgIpc) is 3.69. The van der Waals surface area contributed by atoms with Crippen molar-refractivity contribution in [3.63, 3.8) is 0 Å². The van der Waals surface area contributed by atoms with Crippen LogP contribution in [0.2, 0.25) is 10.0 Å². The molecule has 4 heterocycles. The summed E-state index contributed by atoms with van der Waals surface area (Å²) < 4.78 is 17.5. The molecular weight excluding hydrogens is 548 g/mol. The Bertz CT molecular complexity index is 1630. The van der Waals surface area contributed by atoms with Crippen molar-refractivity contribution >= 4 is 56.5 Å². The fourth-order valence-corrected chi connectivity index (χ4v) is 5.91. The Balaban J connectivity index is 1.45. The molecule has 1 aliphatic rings. The summed E-state index contributed by atoms with van der Waals surface area (Å²) >= 11 is 14.9. The number of benzene rings is 2. The molecule has 0 radical (unpaired) electrons. The van der Waals surface area contributed by atoms with Crippen LogP contribution in [-0.4, -0.2) is 42.9 Å². The van der Waals surface area contributed by atoms with E-state index < -0.39 is 18.1 Å². The maximum atomic E-state index is 14.2. The second-order valence-corrected chi connectivity index (χ2v) is 10.8. The number of nitrogens with two attached hydrogens (primary N) is 1. The van der Waals surface area contributed by atoms with E-state index in [1.54, 1.807) is 34.7 Å². The van der Waals surface area contributed by atoms with Gasteiger partial charge in [-0.2, -0.15) is 5.10 Å². The molecule has 2 atom stereocenters. The minimum absolute atomic E-state index is 0.170. The van der Waals surface area contributed by atoms with Gasteiger partial charge in [-0.05, 0) is 30.2 Å². The van der Waals surface area contributed by atoms with Crippen LogP contribution in [0, 0.1) is 0 Å². The molecule has 6 rings (SSSR count). The first-order valence-corrected chi connectivity index (χ1v) is 13.6. The second kappa shape index (κ2) is 10.1. The van der Waals surface area contributed by atoms with Crippen LogP contribution in [0.4, 0.5) is 9.52 Å². The third-order valence-electron chi connectivity index (χ3n) is 6.63. The van der Waals surface area contributed by atoms with Gasteiger partial charge in [0.15, 0.2) is 11.2 Å². The molecule has 0 spiro atoms. The van der Waals surface area contributed by atoms with Gasteiger partial charge < -0.3 is 10.3 Å². The number of carbonyl (C=O) groups is 1. The number of anilines is 1. The predicted molar refractivity (Wildman–Crippen MR) is 148 cm³/mol. The summed E-state index contributed by atoms with van der Waals surface area (Å²) in [6, 6.07) is 8.76. The molecule has 2 unspecified atom stereocenters. The molecule has 3 N–H and O–H groups in total. The normalized spacial score (nSPS) is 15.6. The van der Waals surface area contributed by atoms with E-state index in [4.69, 9.17) is 34.0 Å². The first-order valence-electron chi connectivity index (χ1n) is 12.0. The van der Waals surface area contributed by atoms with Gasteiger partial charge in [0.2, 0.25) is 0 Å². The Labute approximate surface area is 231 Å². The standard InChI is InChI=1S/C26H22Cl2FN7OS/c27-19-10-17(15-3-1-14(2-4-15)5-6-30)21(28)22-18(19)12-36(34-22)24(25(37)33-26-31-7-8-38-26)23-20-9-16(29)11-35(20)13-32-23/h1-4,7-8,10,12-13,16,24H,5-6,9,11,30H2,(H,31,33,37). The molecule has 0 saturated heterocycles. The zero-order valence-corrected chi connectivity index (χ0v) is 22.3. The van der Waals surface area contributed by atoms with E-state index in [9.17, 15) is 9.18 Å². The lowest BCUT2D eigenvalue weighted by molar-refractivity contribution is -0.118. The van der Waals surface area contributed by atoms with E-state index in [0.717, 1.165) is 23.1 Å². The van der Waals surface area contributed by atoms with Crippen LogP contribution in [0.1, 0.15) is 23.0 Å². The minimum atomic E-state index is -1.03. The molecule has 1 aliphatic heterocycles. The van der Waals surface area contributed by atoms with Gasteiger partial charge >= 0.3 is 0 Å². The lowest BCUT2D eigenvalue weighted by Crippen LogP contribution is -2.28. The monoisotopic (exact) mass is 569 g/mol. The van der Waals surface area contributed by atoms with Crippen LogP contribution in [0.3, 0.4) is 0 Å². The third kappa shape index (κ3) is 4.47. The molecule has 1 amide bonds. The van der Waals surface area contributed by atoms with Crippen molar-refractivity contribution < 1.29 is 9.18 Å². The van der Waals surface area contributed by atoms with Crippen molar-refractivity contribution in [1.82, 2.24) is 24.3 Å². The molecule has 12 heteroatoms. The highest BCUT2D eigenvalue weighted by molar-refractivity contribution is 7.13. The van der Waals surface area contributed by atoms with E-state index in [1.807, 2.05) is 24.3 Å². The van der Waals surface area contributed by atoms with E-state index in [-0.39, 0.29) is 13.0 Å². The fourth-order valence-electron chi connectivity index (χ4n) is 4.83. The smallest absolute Gasteiger partial charge is 0.257 e. The number of rotatable bonds is 7. The molecule has 2 aromatic carbocycles. The maximum absolute atomic E-state index is 14.2. The molecule has 38 heavy (non-hydrogen) atoms. The fraction of sp³-hybridized carbons (Fsp3) is 0.231. The van der Waals surface area contributed by atoms with Gasteiger partial charge in [-0.25, -0.2) is 14.4 Å². The predicted octanol–water partition coefficient (Wildman–Crippen LogP) is 5.29. The number of imidazole rings is 1. The highest BCUT2D eigenvalue weighted by Crippen LogP contribution is 2.39. The van der Waals surface area contributed by atoms with E-state index >= 15 is 0 Å². The van der Waals surface area contributed by atoms with Crippen molar-refractivity contribution in [3.8, 4) is 11.1 Å². The summed E-state index contributed by atoms with van der Waals surface area (Å²) in [5.74, 6) is -0.403. The molecule has 0 fully saturated rings. The number of hydrogen-bond acceptors (Lipinski definition) is 6. The maximum Gasteiger partial charge on any atom is 0.257 e. The number of amides is 1. The van der Waals surface area contributed by atoms with E-state index in [1.165, 1.54) is 16.0 Å². The summed E-state index contributed by atoms with van der Waals surface area (Å²) in [5, 5.41) is 11.2. The van der Waals surface area contributed by atoms with Gasteiger partial charge in [0, 0.05) is 40.8 Å². The number of aromatic nitrogens is 5. The number of carbonyl (C=O) groups excluding carboxylic acids is 1. The summed E-state index contributed by atoms with van der Waals surface area (Å²) in [6.45, 7) is 0.772. The van der Waals surface area contributed by atoms with Gasteiger partial charge in [0.05, 0.1) is 28.6 Å². The molecule has 3 aromatic heterocycles. The van der Waals surface area contributed by atoms with Crippen molar-refractivity contribution in [2.24, 2.45) is 5.73 Å². The van der Waals surface area contributed by atoms with Crippen LogP contribution >= 0.6 is 34.5 Å². The Morgan fingerprint density at radius 2 is 2.08 bits per heavy atom. The SMILES string of the molecule is NCCc1ccc(-c2cc(Cl)c3cn(C(C(=O)Nc4nccs4)c4ncn5c4CC(F)C5)nc3c2Cl)cc1. The third-order valence-corrected chi connectivity index (χ3v) is 8.01. The van der Waals surface area contributed by atoms with Crippen molar-refractivity contribution in [2.75, 3.05) is 11.9 Å². The lowest BCUT2D eigenvalue weighted by Gasteiger charge is -2.16. The molecule has 0 bridgehead atoms. The highest BCUT2D eigenvalue weighted by Gasteiger charge is 2.34. The molecule has 0 saturated carbocycles. The number of nitrogens with one attached hydrogen (secondary N) is 1. The van der Waals surface area contributed by atoms with Crippen LogP contribution in [0.15, 0.2) is 54.4 Å². The first kappa shape index (κ1) is 25.0. The largest absolute Gasteiger partial charge is 0.331 e. The molecule has 194 valence electrons. The Morgan fingerprint density at radius 1 is 1.26 bits per heavy atom. The molecular formula is C26H22Cl2FN7OS. The van der Waals surface area contributed by atoms with Gasteiger partial charge in [-0.1, -0.05) is 47.5 Å². The van der Waals surface area contributed by atoms with Crippen molar-refractivity contribution in [1.29, 1.82) is 0 Å². The van der Waals surface area contributed by atoms with Crippen LogP contribution in [-0.2, 0) is 24.2 Å². The zero-order chi connectivity index (χ0) is 26.4. The van der Waals surface area contributed by atoms with E-state index in [0.29, 0.717) is 44.0 Å². The van der Waals surface area contributed by atoms with Crippen LogP contribution in [0.25, 0.3) is 22.0 Å². The Morgan fingerprint density at radius 3 is 2.82 bits per heavy atom. The molecule has 8 nitrogen and oxygen atoms in total. The summed E-state index contributed by atoms with van der Waals surface area (Å²) in [5.41, 5.74) is 9.94. The minimum Gasteiger partial charge on any atom is -0.331 e. The Hall–Kier alpha value is -3.31. The quantitative estimate of drug-likeness (QED) is 0.277. The van der Waals surface area contributed by atoms with Crippen LogP contribution < -0.4 is 11.1 Å². The number of hydrogen-bond donors (Lipinski definition) is 2. The van der Waals surface area contributed by atoms with Gasteiger partial charge in [-0.3, -0.25) is 14.8 Å². The van der Waals surface area contributed by atoms with Gasteiger partial charge in [-0.15, -0.1) is 11.3 Å².